The number of benzene rings is 1. The van der Waals surface area contributed by atoms with Crippen molar-refractivity contribution in [1.82, 2.24) is 14.7 Å². The van der Waals surface area contributed by atoms with Gasteiger partial charge in [0.05, 0.1) is 18.3 Å². The van der Waals surface area contributed by atoms with Crippen molar-refractivity contribution in [3.8, 4) is 0 Å². The van der Waals surface area contributed by atoms with Crippen molar-refractivity contribution in [1.29, 1.82) is 0 Å². The second kappa shape index (κ2) is 5.86. The number of fused-ring (bicyclic) bond motifs is 1. The topological polar surface area (TPSA) is 49.6 Å². The van der Waals surface area contributed by atoms with E-state index < -0.39 is 0 Å². The lowest BCUT2D eigenvalue weighted by Crippen LogP contribution is -2.24. The largest absolute Gasteiger partial charge is 0.394 e. The van der Waals surface area contributed by atoms with E-state index in [1.165, 1.54) is 0 Å². The Hall–Kier alpha value is -2.17. The summed E-state index contributed by atoms with van der Waals surface area (Å²) in [7, 11) is 0. The number of nitrogens with one attached hydrogen (secondary N) is 1. The third-order valence-electron chi connectivity index (χ3n) is 3.33. The van der Waals surface area contributed by atoms with E-state index in [0.29, 0.717) is 6.54 Å². The molecule has 1 aromatic carbocycles. The fourth-order valence-electron chi connectivity index (χ4n) is 2.27. The van der Waals surface area contributed by atoms with Crippen molar-refractivity contribution in [2.24, 2.45) is 0 Å². The minimum atomic E-state index is -0.0685. The molecule has 102 valence electrons. The van der Waals surface area contributed by atoms with E-state index in [-0.39, 0.29) is 12.6 Å². The van der Waals surface area contributed by atoms with Crippen LogP contribution in [0.2, 0.25) is 0 Å². The van der Waals surface area contributed by atoms with E-state index in [1.54, 1.807) is 0 Å². The van der Waals surface area contributed by atoms with Crippen LogP contribution < -0.4 is 5.32 Å². The van der Waals surface area contributed by atoms with Crippen molar-refractivity contribution < 1.29 is 5.11 Å². The van der Waals surface area contributed by atoms with Gasteiger partial charge >= 0.3 is 0 Å². The molecule has 0 spiro atoms. The molecule has 3 rings (SSSR count). The minimum absolute atomic E-state index is 0.0668. The van der Waals surface area contributed by atoms with Crippen LogP contribution in [0.5, 0.6) is 0 Å². The minimum Gasteiger partial charge on any atom is -0.394 e. The highest BCUT2D eigenvalue weighted by Crippen LogP contribution is 2.13. The third kappa shape index (κ3) is 2.71. The first-order valence-electron chi connectivity index (χ1n) is 6.68. The van der Waals surface area contributed by atoms with Gasteiger partial charge in [0.2, 0.25) is 0 Å². The summed E-state index contributed by atoms with van der Waals surface area (Å²) in [5.74, 6) is 0. The zero-order valence-electron chi connectivity index (χ0n) is 11.1. The van der Waals surface area contributed by atoms with Gasteiger partial charge in [0.15, 0.2) is 0 Å². The zero-order chi connectivity index (χ0) is 13.8. The van der Waals surface area contributed by atoms with E-state index in [2.05, 4.69) is 10.3 Å². The van der Waals surface area contributed by atoms with Gasteiger partial charge in [0, 0.05) is 18.9 Å². The molecule has 4 nitrogen and oxygen atoms in total. The van der Waals surface area contributed by atoms with Crippen molar-refractivity contribution in [3.05, 3.63) is 72.2 Å². The molecule has 0 aliphatic carbocycles. The lowest BCUT2D eigenvalue weighted by molar-refractivity contribution is 0.243. The summed E-state index contributed by atoms with van der Waals surface area (Å²) in [5, 5.41) is 12.8. The number of nitrogens with zero attached hydrogens (tertiary/aromatic N) is 2. The number of rotatable bonds is 5. The second-order valence-corrected chi connectivity index (χ2v) is 4.73. The number of hydrogen-bond donors (Lipinski definition) is 2. The smallest absolute Gasteiger partial charge is 0.137 e. The van der Waals surface area contributed by atoms with Crippen LogP contribution in [0.4, 0.5) is 0 Å². The number of hydrogen-bond acceptors (Lipinski definition) is 3. The van der Waals surface area contributed by atoms with Gasteiger partial charge < -0.3 is 14.8 Å². The average Bonchev–Trinajstić information content (AvgIpc) is 2.92. The van der Waals surface area contributed by atoms with Crippen molar-refractivity contribution >= 4 is 5.65 Å². The van der Waals surface area contributed by atoms with E-state index in [1.807, 2.05) is 65.3 Å². The predicted molar refractivity (Wildman–Crippen MR) is 78.3 cm³/mol. The van der Waals surface area contributed by atoms with Crippen LogP contribution >= 0.6 is 0 Å². The molecule has 0 amide bonds. The highest BCUT2D eigenvalue weighted by Gasteiger charge is 2.10. The van der Waals surface area contributed by atoms with Gasteiger partial charge in [-0.15, -0.1) is 0 Å². The Bertz CT molecular complexity index is 645. The molecular formula is C16H17N3O. The molecule has 0 fully saturated rings. The Morgan fingerprint density at radius 2 is 1.90 bits per heavy atom. The van der Waals surface area contributed by atoms with Crippen LogP contribution in [-0.2, 0) is 6.54 Å². The molecule has 2 N–H and O–H groups in total. The fraction of sp³-hybridized carbons (Fsp3) is 0.188. The lowest BCUT2D eigenvalue weighted by atomic mass is 10.1. The van der Waals surface area contributed by atoms with E-state index >= 15 is 0 Å². The Balaban J connectivity index is 1.71. The van der Waals surface area contributed by atoms with Crippen LogP contribution in [-0.4, -0.2) is 21.1 Å². The number of aromatic nitrogens is 2. The first-order chi connectivity index (χ1) is 9.86. The molecule has 0 bridgehead atoms. The number of imidazole rings is 1. The molecule has 0 aliphatic heterocycles. The predicted octanol–water partition coefficient (Wildman–Crippen LogP) is 2.16. The number of aliphatic hydroxyl groups is 1. The summed E-state index contributed by atoms with van der Waals surface area (Å²) in [4.78, 5) is 4.53. The molecule has 2 heterocycles. The van der Waals surface area contributed by atoms with Gasteiger partial charge in [-0.05, 0) is 17.7 Å². The average molecular weight is 267 g/mol. The van der Waals surface area contributed by atoms with Crippen LogP contribution in [0.15, 0.2) is 60.9 Å². The van der Waals surface area contributed by atoms with Crippen LogP contribution in [0, 0.1) is 0 Å². The SMILES string of the molecule is OC[C@@H](NCc1cn2ccccc2n1)c1ccccc1. The van der Waals surface area contributed by atoms with Crippen molar-refractivity contribution in [2.45, 2.75) is 12.6 Å². The Morgan fingerprint density at radius 3 is 2.65 bits per heavy atom. The maximum absolute atomic E-state index is 9.51. The molecule has 0 aliphatic rings. The monoisotopic (exact) mass is 267 g/mol. The molecule has 0 saturated carbocycles. The molecule has 0 unspecified atom stereocenters. The van der Waals surface area contributed by atoms with E-state index in [9.17, 15) is 5.11 Å². The summed E-state index contributed by atoms with van der Waals surface area (Å²) >= 11 is 0. The normalized spacial score (nSPS) is 12.7. The number of pyridine rings is 1. The highest BCUT2D eigenvalue weighted by molar-refractivity contribution is 5.39. The lowest BCUT2D eigenvalue weighted by Gasteiger charge is -2.15. The quantitative estimate of drug-likeness (QED) is 0.745. The third-order valence-corrected chi connectivity index (χ3v) is 3.33. The summed E-state index contributed by atoms with van der Waals surface area (Å²) < 4.78 is 1.99. The molecule has 0 radical (unpaired) electrons. The molecule has 1 atom stereocenters. The van der Waals surface area contributed by atoms with Crippen LogP contribution in [0.1, 0.15) is 17.3 Å². The van der Waals surface area contributed by atoms with E-state index in [0.717, 1.165) is 16.9 Å². The van der Waals surface area contributed by atoms with Gasteiger partial charge in [0.25, 0.3) is 0 Å². The summed E-state index contributed by atoms with van der Waals surface area (Å²) in [6.07, 6.45) is 3.98. The first kappa shape index (κ1) is 12.8. The summed E-state index contributed by atoms with van der Waals surface area (Å²) in [5.41, 5.74) is 2.98. The Labute approximate surface area is 117 Å². The molecule has 20 heavy (non-hydrogen) atoms. The first-order valence-corrected chi connectivity index (χ1v) is 6.68. The van der Waals surface area contributed by atoms with Crippen LogP contribution in [0.25, 0.3) is 5.65 Å². The summed E-state index contributed by atoms with van der Waals surface area (Å²) in [6, 6.07) is 15.8. The van der Waals surface area contributed by atoms with Gasteiger partial charge in [-0.25, -0.2) is 4.98 Å². The van der Waals surface area contributed by atoms with Gasteiger partial charge in [-0.2, -0.15) is 0 Å². The fourth-order valence-corrected chi connectivity index (χ4v) is 2.27. The van der Waals surface area contributed by atoms with Crippen LogP contribution in [0.3, 0.4) is 0 Å². The van der Waals surface area contributed by atoms with Gasteiger partial charge in [0.1, 0.15) is 5.65 Å². The Morgan fingerprint density at radius 1 is 1.10 bits per heavy atom. The molecule has 3 aromatic rings. The van der Waals surface area contributed by atoms with Crippen molar-refractivity contribution in [2.75, 3.05) is 6.61 Å². The van der Waals surface area contributed by atoms with Gasteiger partial charge in [-0.1, -0.05) is 36.4 Å². The molecule has 2 aromatic heterocycles. The number of aliphatic hydroxyl groups excluding tert-OH is 1. The zero-order valence-corrected chi connectivity index (χ0v) is 11.1. The Kier molecular flexibility index (Phi) is 3.76. The maximum atomic E-state index is 9.51. The molecular weight excluding hydrogens is 250 g/mol. The van der Waals surface area contributed by atoms with Gasteiger partial charge in [-0.3, -0.25) is 0 Å². The molecule has 4 heteroatoms. The summed E-state index contributed by atoms with van der Waals surface area (Å²) in [6.45, 7) is 0.694. The second-order valence-electron chi connectivity index (χ2n) is 4.73. The highest BCUT2D eigenvalue weighted by atomic mass is 16.3. The molecule has 0 saturated heterocycles. The van der Waals surface area contributed by atoms with Crippen molar-refractivity contribution in [3.63, 3.8) is 0 Å². The standard InChI is InChI=1S/C16H17N3O/c20-12-15(13-6-2-1-3-7-13)17-10-14-11-19-9-5-4-8-16(19)18-14/h1-9,11,15,17,20H,10,12H2/t15-/m1/s1. The maximum Gasteiger partial charge on any atom is 0.137 e. The van der Waals surface area contributed by atoms with E-state index in [4.69, 9.17) is 0 Å².